The van der Waals surface area contributed by atoms with E-state index in [0.29, 0.717) is 17.3 Å². The third kappa shape index (κ3) is 4.44. The lowest BCUT2D eigenvalue weighted by Crippen LogP contribution is -2.45. The molecule has 1 saturated carbocycles. The predicted molar refractivity (Wildman–Crippen MR) is 100 cm³/mol. The molecule has 2 heterocycles. The first-order valence-corrected chi connectivity index (χ1v) is 9.36. The molecule has 0 unspecified atom stereocenters. The van der Waals surface area contributed by atoms with Crippen LogP contribution in [0, 0.1) is 11.6 Å². The number of ether oxygens (including phenoxy) is 1. The first kappa shape index (κ1) is 19.1. The largest absolute Gasteiger partial charge is 0.474 e. The van der Waals surface area contributed by atoms with Crippen molar-refractivity contribution in [1.29, 1.82) is 0 Å². The Balaban J connectivity index is 1.39. The Bertz CT molecular complexity index is 965. The van der Waals surface area contributed by atoms with Crippen LogP contribution in [0.3, 0.4) is 0 Å². The van der Waals surface area contributed by atoms with Gasteiger partial charge in [-0.3, -0.25) is 4.79 Å². The van der Waals surface area contributed by atoms with Crippen LogP contribution in [0.4, 0.5) is 19.3 Å². The molecule has 7 nitrogen and oxygen atoms in total. The summed E-state index contributed by atoms with van der Waals surface area (Å²) in [7, 11) is 0. The van der Waals surface area contributed by atoms with Crippen molar-refractivity contribution in [2.75, 3.05) is 11.9 Å². The molecule has 0 spiro atoms. The Kier molecular flexibility index (Phi) is 5.04. The number of amides is 3. The van der Waals surface area contributed by atoms with Crippen LogP contribution in [-0.4, -0.2) is 34.5 Å². The molecule has 3 amide bonds. The van der Waals surface area contributed by atoms with Crippen molar-refractivity contribution in [3.63, 3.8) is 0 Å². The second kappa shape index (κ2) is 7.65. The minimum absolute atomic E-state index is 0.149. The standard InChI is InChI=1S/C20H20F2N4O3/c1-11(14-5-2-12(21)8-15(14)22)23-18(27)10-26-9-17-16(25-20(26)28)6-7-19(24-17)29-13-3-4-13/h2,5-8,11,13H,3-4,9-10H2,1H3,(H,23,27)(H,25,28)/t11-/m0/s1. The molecule has 29 heavy (non-hydrogen) atoms. The van der Waals surface area contributed by atoms with Crippen LogP contribution in [0.15, 0.2) is 30.3 Å². The summed E-state index contributed by atoms with van der Waals surface area (Å²) in [6.45, 7) is 1.51. The van der Waals surface area contributed by atoms with E-state index in [1.165, 1.54) is 11.0 Å². The Morgan fingerprint density at radius 3 is 2.86 bits per heavy atom. The summed E-state index contributed by atoms with van der Waals surface area (Å²) in [5.41, 5.74) is 1.35. The summed E-state index contributed by atoms with van der Waals surface area (Å²) in [4.78, 5) is 30.4. The van der Waals surface area contributed by atoms with Gasteiger partial charge in [0.15, 0.2) is 0 Å². The van der Waals surface area contributed by atoms with Crippen LogP contribution >= 0.6 is 0 Å². The van der Waals surface area contributed by atoms with E-state index in [0.717, 1.165) is 25.0 Å². The number of carbonyl (C=O) groups is 2. The molecular weight excluding hydrogens is 382 g/mol. The van der Waals surface area contributed by atoms with Crippen molar-refractivity contribution in [3.05, 3.63) is 53.2 Å². The van der Waals surface area contributed by atoms with E-state index >= 15 is 0 Å². The van der Waals surface area contributed by atoms with Crippen molar-refractivity contribution >= 4 is 17.6 Å². The van der Waals surface area contributed by atoms with Gasteiger partial charge in [0.2, 0.25) is 11.8 Å². The minimum Gasteiger partial charge on any atom is -0.474 e. The highest BCUT2D eigenvalue weighted by molar-refractivity contribution is 5.94. The Morgan fingerprint density at radius 1 is 1.34 bits per heavy atom. The van der Waals surface area contributed by atoms with E-state index in [-0.39, 0.29) is 24.8 Å². The molecule has 1 aliphatic carbocycles. The lowest BCUT2D eigenvalue weighted by Gasteiger charge is -2.28. The van der Waals surface area contributed by atoms with Crippen molar-refractivity contribution in [1.82, 2.24) is 15.2 Å². The van der Waals surface area contributed by atoms with Crippen molar-refractivity contribution < 1.29 is 23.1 Å². The molecule has 1 aromatic carbocycles. The number of halogens is 2. The summed E-state index contributed by atoms with van der Waals surface area (Å²) < 4.78 is 32.6. The van der Waals surface area contributed by atoms with E-state index in [1.807, 2.05) is 0 Å². The highest BCUT2D eigenvalue weighted by atomic mass is 19.1. The van der Waals surface area contributed by atoms with E-state index in [2.05, 4.69) is 15.6 Å². The number of hydrogen-bond donors (Lipinski definition) is 2. The van der Waals surface area contributed by atoms with Gasteiger partial charge >= 0.3 is 6.03 Å². The SMILES string of the molecule is C[C@H](NC(=O)CN1Cc2nc(OC3CC3)ccc2NC1=O)c1ccc(F)cc1F. The van der Waals surface area contributed by atoms with E-state index in [9.17, 15) is 18.4 Å². The van der Waals surface area contributed by atoms with Gasteiger partial charge in [0, 0.05) is 17.7 Å². The second-order valence-electron chi connectivity index (χ2n) is 7.20. The molecule has 4 rings (SSSR count). The van der Waals surface area contributed by atoms with Crippen LogP contribution in [0.25, 0.3) is 0 Å². The monoisotopic (exact) mass is 402 g/mol. The predicted octanol–water partition coefficient (Wildman–Crippen LogP) is 3.13. The summed E-state index contributed by atoms with van der Waals surface area (Å²) in [5, 5.41) is 5.33. The normalized spacial score (nSPS) is 16.7. The highest BCUT2D eigenvalue weighted by Gasteiger charge is 2.28. The number of nitrogens with zero attached hydrogens (tertiary/aromatic N) is 2. The molecule has 1 aliphatic heterocycles. The average Bonchev–Trinajstić information content (AvgIpc) is 3.46. The Morgan fingerprint density at radius 2 is 2.14 bits per heavy atom. The van der Waals surface area contributed by atoms with Gasteiger partial charge < -0.3 is 20.3 Å². The number of nitrogens with one attached hydrogen (secondary N) is 2. The Hall–Kier alpha value is -3.23. The van der Waals surface area contributed by atoms with E-state index < -0.39 is 29.6 Å². The summed E-state index contributed by atoms with van der Waals surface area (Å²) in [5.74, 6) is -1.40. The molecule has 2 N–H and O–H groups in total. The maximum Gasteiger partial charge on any atom is 0.322 e. The van der Waals surface area contributed by atoms with Gasteiger partial charge in [-0.25, -0.2) is 18.6 Å². The summed E-state index contributed by atoms with van der Waals surface area (Å²) >= 11 is 0. The summed E-state index contributed by atoms with van der Waals surface area (Å²) in [6, 6.07) is 5.51. The smallest absolute Gasteiger partial charge is 0.322 e. The first-order chi connectivity index (χ1) is 13.9. The van der Waals surface area contributed by atoms with Gasteiger partial charge in [-0.2, -0.15) is 0 Å². The molecule has 0 radical (unpaired) electrons. The van der Waals surface area contributed by atoms with E-state index in [1.54, 1.807) is 19.1 Å². The second-order valence-corrected chi connectivity index (χ2v) is 7.20. The highest BCUT2D eigenvalue weighted by Crippen LogP contribution is 2.29. The van der Waals surface area contributed by atoms with Gasteiger partial charge in [-0.1, -0.05) is 6.07 Å². The van der Waals surface area contributed by atoms with Crippen LogP contribution in [-0.2, 0) is 11.3 Å². The van der Waals surface area contributed by atoms with Gasteiger partial charge in [0.05, 0.1) is 24.0 Å². The molecule has 0 bridgehead atoms. The Labute approximate surface area is 166 Å². The number of aromatic nitrogens is 1. The summed E-state index contributed by atoms with van der Waals surface area (Å²) in [6.07, 6.45) is 2.22. The molecule has 1 atom stereocenters. The number of urea groups is 1. The molecule has 1 aromatic heterocycles. The average molecular weight is 402 g/mol. The van der Waals surface area contributed by atoms with Crippen molar-refractivity contribution in [2.24, 2.45) is 0 Å². The number of anilines is 1. The lowest BCUT2D eigenvalue weighted by atomic mass is 10.1. The van der Waals surface area contributed by atoms with Gasteiger partial charge in [-0.15, -0.1) is 0 Å². The van der Waals surface area contributed by atoms with Crippen LogP contribution in [0.1, 0.15) is 37.1 Å². The zero-order valence-corrected chi connectivity index (χ0v) is 15.7. The van der Waals surface area contributed by atoms with Crippen molar-refractivity contribution in [3.8, 4) is 5.88 Å². The number of rotatable bonds is 6. The molecule has 2 aromatic rings. The fraction of sp³-hybridized carbons (Fsp3) is 0.350. The maximum atomic E-state index is 13.9. The molecule has 2 aliphatic rings. The third-order valence-corrected chi connectivity index (χ3v) is 4.77. The maximum absolute atomic E-state index is 13.9. The van der Waals surface area contributed by atoms with Crippen molar-refractivity contribution in [2.45, 2.75) is 38.5 Å². The first-order valence-electron chi connectivity index (χ1n) is 9.36. The topological polar surface area (TPSA) is 83.6 Å². The molecule has 9 heteroatoms. The van der Waals surface area contributed by atoms with Crippen LogP contribution < -0.4 is 15.4 Å². The zero-order valence-electron chi connectivity index (χ0n) is 15.7. The molecule has 1 fully saturated rings. The fourth-order valence-corrected chi connectivity index (χ4v) is 3.10. The molecule has 0 saturated heterocycles. The quantitative estimate of drug-likeness (QED) is 0.778. The van der Waals surface area contributed by atoms with E-state index in [4.69, 9.17) is 4.74 Å². The van der Waals surface area contributed by atoms with Gasteiger partial charge in [-0.05, 0) is 31.9 Å². The number of carbonyl (C=O) groups excluding carboxylic acids is 2. The van der Waals surface area contributed by atoms with Gasteiger partial charge in [0.25, 0.3) is 0 Å². The number of fused-ring (bicyclic) bond motifs is 1. The zero-order chi connectivity index (χ0) is 20.5. The lowest BCUT2D eigenvalue weighted by molar-refractivity contribution is -0.122. The minimum atomic E-state index is -0.741. The van der Waals surface area contributed by atoms with Gasteiger partial charge in [0.1, 0.15) is 24.3 Å². The third-order valence-electron chi connectivity index (χ3n) is 4.77. The molecular formula is C20H20F2N4O3. The fourth-order valence-electron chi connectivity index (χ4n) is 3.10. The van der Waals surface area contributed by atoms with Crippen LogP contribution in [0.2, 0.25) is 0 Å². The number of pyridine rings is 1. The number of hydrogen-bond acceptors (Lipinski definition) is 4. The van der Waals surface area contributed by atoms with Crippen LogP contribution in [0.5, 0.6) is 5.88 Å². The molecule has 152 valence electrons. The number of benzene rings is 1.